The number of hydrogen-bond donors (Lipinski definition) is 4. The van der Waals surface area contributed by atoms with E-state index in [9.17, 15) is 31.2 Å². The highest BCUT2D eigenvalue weighted by molar-refractivity contribution is 7.91. The van der Waals surface area contributed by atoms with E-state index in [1.807, 2.05) is 0 Å². The molecule has 0 saturated carbocycles. The van der Waals surface area contributed by atoms with Crippen LogP contribution in [0.15, 0.2) is 46.9 Å². The zero-order chi connectivity index (χ0) is 26.8. The van der Waals surface area contributed by atoms with Gasteiger partial charge in [-0.05, 0) is 36.2 Å². The van der Waals surface area contributed by atoms with Gasteiger partial charge in [0.15, 0.2) is 0 Å². The summed E-state index contributed by atoms with van der Waals surface area (Å²) in [4.78, 5) is 17.0. The fourth-order valence-electron chi connectivity index (χ4n) is 3.82. The van der Waals surface area contributed by atoms with Crippen LogP contribution in [-0.4, -0.2) is 83.2 Å². The summed E-state index contributed by atoms with van der Waals surface area (Å²) >= 11 is 5.26. The third-order valence-electron chi connectivity index (χ3n) is 5.77. The lowest BCUT2D eigenvalue weighted by molar-refractivity contribution is -0.134. The van der Waals surface area contributed by atoms with Gasteiger partial charge in [-0.2, -0.15) is 26.3 Å². The first kappa shape index (κ1) is 30.4. The van der Waals surface area contributed by atoms with E-state index in [1.54, 1.807) is 6.07 Å². The van der Waals surface area contributed by atoms with Crippen molar-refractivity contribution in [1.82, 2.24) is 29.3 Å². The summed E-state index contributed by atoms with van der Waals surface area (Å²) in [6, 6.07) is 6.97. The van der Waals surface area contributed by atoms with Crippen LogP contribution in [0.1, 0.15) is 17.5 Å². The molecule has 1 aromatic carbocycles. The van der Waals surface area contributed by atoms with Crippen molar-refractivity contribution < 1.29 is 31.2 Å². The van der Waals surface area contributed by atoms with Crippen LogP contribution in [0.4, 0.5) is 4.39 Å². The number of H-pyrrole nitrogens is 1. The molecule has 0 radical (unpaired) electrons. The zero-order valence-electron chi connectivity index (χ0n) is 19.5. The predicted molar refractivity (Wildman–Crippen MR) is 143 cm³/mol. The lowest BCUT2D eigenvalue weighted by Crippen LogP contribution is -2.61. The van der Waals surface area contributed by atoms with Gasteiger partial charge in [-0.15, -0.1) is 23.7 Å². The number of aromatic nitrogens is 3. The Labute approximate surface area is 234 Å². The quantitative estimate of drug-likeness (QED) is 0.158. The summed E-state index contributed by atoms with van der Waals surface area (Å²) in [5, 5.41) is 15.0. The predicted octanol–water partition coefficient (Wildman–Crippen LogP) is 1.67. The van der Waals surface area contributed by atoms with Crippen molar-refractivity contribution in [3.63, 3.8) is 0 Å². The first-order valence-corrected chi connectivity index (χ1v) is 15.2. The molecule has 2 aromatic heterocycles. The number of carbonyl (C=O) groups excluding carboxylic acids is 1. The SMILES string of the molecule is Cl.O=C(NO)[C@H]1CN(S(=O)(=O)CCC(S)c2ncn[nH]2)CCN1S(=O)(=O)c1ccc(-c2ccc(F)cc2)s1. The molecule has 208 valence electrons. The van der Waals surface area contributed by atoms with Gasteiger partial charge in [-0.1, -0.05) is 12.1 Å². The van der Waals surface area contributed by atoms with Gasteiger partial charge < -0.3 is 0 Å². The first-order valence-electron chi connectivity index (χ1n) is 10.9. The van der Waals surface area contributed by atoms with Crippen LogP contribution in [0.25, 0.3) is 10.4 Å². The third kappa shape index (κ3) is 6.53. The second-order valence-electron chi connectivity index (χ2n) is 8.08. The molecule has 1 unspecified atom stereocenters. The molecule has 38 heavy (non-hydrogen) atoms. The average Bonchev–Trinajstić information content (AvgIpc) is 3.60. The minimum Gasteiger partial charge on any atom is -0.289 e. The maximum atomic E-state index is 13.4. The molecule has 18 heteroatoms. The van der Waals surface area contributed by atoms with E-state index in [4.69, 9.17) is 0 Å². The number of halogens is 2. The Hall–Kier alpha value is -2.12. The number of thiol groups is 1. The standard InChI is InChI=1S/C20H23FN6O6S4.ClH/c21-14-3-1-13(2-4-14)17-5-6-18(35-17)37(32,33)27-9-8-26(11-15(27)20(28)25-29)36(30,31)10-7-16(34)19-22-12-23-24-19;/h1-6,12,15-16,29,34H,7-11H2,(H,25,28)(H,22,23,24);1H/t15-,16?;/m1./s1. The van der Waals surface area contributed by atoms with Gasteiger partial charge >= 0.3 is 0 Å². The summed E-state index contributed by atoms with van der Waals surface area (Å²) in [6.45, 7) is -0.980. The second-order valence-corrected chi connectivity index (χ2v) is 14.0. The Bertz CT molecular complexity index is 1450. The summed E-state index contributed by atoms with van der Waals surface area (Å²) in [5.74, 6) is -1.41. The van der Waals surface area contributed by atoms with E-state index < -0.39 is 49.6 Å². The van der Waals surface area contributed by atoms with Crippen molar-refractivity contribution in [3.8, 4) is 10.4 Å². The molecular weight excluding hydrogens is 603 g/mol. The third-order valence-corrected chi connectivity index (χ3v) is 11.7. The monoisotopic (exact) mass is 626 g/mol. The number of sulfonamides is 2. The molecule has 0 spiro atoms. The van der Waals surface area contributed by atoms with E-state index in [0.29, 0.717) is 16.3 Å². The highest BCUT2D eigenvalue weighted by Crippen LogP contribution is 2.34. The molecule has 3 N–H and O–H groups in total. The largest absolute Gasteiger partial charge is 0.289 e. The number of aromatic amines is 1. The average molecular weight is 627 g/mol. The molecule has 1 aliphatic heterocycles. The van der Waals surface area contributed by atoms with E-state index in [1.165, 1.54) is 42.1 Å². The number of rotatable bonds is 9. The molecule has 1 fully saturated rings. The van der Waals surface area contributed by atoms with E-state index >= 15 is 0 Å². The summed E-state index contributed by atoms with van der Waals surface area (Å²) in [5.41, 5.74) is 2.05. The van der Waals surface area contributed by atoms with Gasteiger partial charge in [0.1, 0.15) is 28.2 Å². The number of thiophene rings is 1. The van der Waals surface area contributed by atoms with E-state index in [-0.39, 0.29) is 41.9 Å². The first-order chi connectivity index (χ1) is 17.5. The number of nitrogens with zero attached hydrogens (tertiary/aromatic N) is 4. The zero-order valence-corrected chi connectivity index (χ0v) is 23.6. The molecule has 4 rings (SSSR count). The summed E-state index contributed by atoms with van der Waals surface area (Å²) < 4.78 is 67.9. The van der Waals surface area contributed by atoms with Gasteiger partial charge in [0.05, 0.1) is 11.0 Å². The van der Waals surface area contributed by atoms with E-state index in [2.05, 4.69) is 27.8 Å². The van der Waals surface area contributed by atoms with Gasteiger partial charge in [0, 0.05) is 24.5 Å². The number of carbonyl (C=O) groups is 1. The molecule has 1 amide bonds. The van der Waals surface area contributed by atoms with Crippen molar-refractivity contribution in [2.75, 3.05) is 25.4 Å². The molecule has 0 bridgehead atoms. The van der Waals surface area contributed by atoms with Crippen LogP contribution in [0.2, 0.25) is 0 Å². The number of piperazine rings is 1. The molecule has 1 saturated heterocycles. The van der Waals surface area contributed by atoms with Crippen molar-refractivity contribution in [1.29, 1.82) is 0 Å². The Morgan fingerprint density at radius 3 is 2.55 bits per heavy atom. The van der Waals surface area contributed by atoms with Gasteiger partial charge in [-0.3, -0.25) is 15.1 Å². The van der Waals surface area contributed by atoms with Crippen LogP contribution in [0.5, 0.6) is 0 Å². The summed E-state index contributed by atoms with van der Waals surface area (Å²) in [7, 11) is -8.14. The number of benzene rings is 1. The molecule has 3 heterocycles. The molecule has 12 nitrogen and oxygen atoms in total. The van der Waals surface area contributed by atoms with Gasteiger partial charge in [-0.25, -0.2) is 31.7 Å². The molecule has 1 aliphatic rings. The molecule has 0 aliphatic carbocycles. The lowest BCUT2D eigenvalue weighted by Gasteiger charge is -2.38. The van der Waals surface area contributed by atoms with Crippen molar-refractivity contribution in [3.05, 3.63) is 54.4 Å². The minimum atomic E-state index is -4.23. The fraction of sp³-hybridized carbons (Fsp3) is 0.350. The highest BCUT2D eigenvalue weighted by Gasteiger charge is 2.43. The van der Waals surface area contributed by atoms with Crippen LogP contribution in [-0.2, 0) is 24.8 Å². The molecular formula is C20H24ClFN6O6S4. The second kappa shape index (κ2) is 12.4. The van der Waals surface area contributed by atoms with Crippen molar-refractivity contribution >= 4 is 62.3 Å². The van der Waals surface area contributed by atoms with Crippen molar-refractivity contribution in [2.24, 2.45) is 0 Å². The lowest BCUT2D eigenvalue weighted by atomic mass is 10.2. The normalized spacial score (nSPS) is 18.0. The van der Waals surface area contributed by atoms with Crippen LogP contribution in [0, 0.1) is 5.82 Å². The number of nitrogens with one attached hydrogen (secondary N) is 2. The van der Waals surface area contributed by atoms with Crippen LogP contribution in [0.3, 0.4) is 0 Å². The fourth-order valence-corrected chi connectivity index (χ4v) is 8.77. The van der Waals surface area contributed by atoms with Crippen molar-refractivity contribution in [2.45, 2.75) is 21.9 Å². The number of hydroxylamine groups is 1. The maximum absolute atomic E-state index is 13.4. The summed E-state index contributed by atoms with van der Waals surface area (Å²) in [6.07, 6.45) is 1.37. The number of hydrogen-bond acceptors (Lipinski definition) is 10. The van der Waals surface area contributed by atoms with E-state index in [0.717, 1.165) is 19.9 Å². The molecule has 3 aromatic rings. The maximum Gasteiger partial charge on any atom is 0.263 e. The Kier molecular flexibility index (Phi) is 9.91. The van der Waals surface area contributed by atoms with Crippen LogP contribution >= 0.6 is 36.4 Å². The Morgan fingerprint density at radius 1 is 1.21 bits per heavy atom. The molecule has 2 atom stereocenters. The minimum absolute atomic E-state index is 0. The highest BCUT2D eigenvalue weighted by atomic mass is 35.5. The smallest absolute Gasteiger partial charge is 0.263 e. The Morgan fingerprint density at radius 2 is 1.92 bits per heavy atom. The topological polar surface area (TPSA) is 166 Å². The Balaban J connectivity index is 0.00000400. The van der Waals surface area contributed by atoms with Gasteiger partial charge in [0.2, 0.25) is 10.0 Å². The number of amides is 1. The van der Waals surface area contributed by atoms with Crippen LogP contribution < -0.4 is 5.48 Å². The van der Waals surface area contributed by atoms with Gasteiger partial charge in [0.25, 0.3) is 15.9 Å².